The van der Waals surface area contributed by atoms with Crippen LogP contribution in [0, 0.1) is 0 Å². The number of methoxy groups -OCH3 is 1. The zero-order valence-electron chi connectivity index (χ0n) is 12.0. The molecule has 0 unspecified atom stereocenters. The third kappa shape index (κ3) is 6.51. The zero-order valence-corrected chi connectivity index (χ0v) is 12.8. The minimum absolute atomic E-state index is 0.225. The molecule has 0 atom stereocenters. The summed E-state index contributed by atoms with van der Waals surface area (Å²) < 4.78 is 34.4. The first-order valence-corrected chi connectivity index (χ1v) is 8.35. The first-order valence-electron chi connectivity index (χ1n) is 6.50. The van der Waals surface area contributed by atoms with Gasteiger partial charge in [0.2, 0.25) is 10.0 Å². The molecule has 1 aliphatic rings. The van der Waals surface area contributed by atoms with Gasteiger partial charge in [-0.1, -0.05) is 0 Å². The summed E-state index contributed by atoms with van der Waals surface area (Å²) in [5, 5.41) is 2.47. The molecule has 0 aliphatic carbocycles. The van der Waals surface area contributed by atoms with Crippen LogP contribution >= 0.6 is 0 Å². The average Bonchev–Trinajstić information content (AvgIpc) is 2.42. The van der Waals surface area contributed by atoms with Gasteiger partial charge < -0.3 is 14.8 Å². The second-order valence-corrected chi connectivity index (χ2v) is 6.52. The third-order valence-electron chi connectivity index (χ3n) is 3.05. The van der Waals surface area contributed by atoms with Crippen LogP contribution in [0.5, 0.6) is 0 Å². The van der Waals surface area contributed by atoms with Crippen molar-refractivity contribution in [3.63, 3.8) is 0 Å². The van der Waals surface area contributed by atoms with Crippen LogP contribution < -0.4 is 5.32 Å². The van der Waals surface area contributed by atoms with Gasteiger partial charge in [0.1, 0.15) is 0 Å². The van der Waals surface area contributed by atoms with Crippen molar-refractivity contribution in [2.75, 3.05) is 65.8 Å². The Labute approximate surface area is 120 Å². The second kappa shape index (κ2) is 8.40. The Bertz CT molecular complexity index is 395. The van der Waals surface area contributed by atoms with Crippen LogP contribution in [0.3, 0.4) is 0 Å². The van der Waals surface area contributed by atoms with Gasteiger partial charge in [-0.25, -0.2) is 13.2 Å². The van der Waals surface area contributed by atoms with Crippen LogP contribution in [0.15, 0.2) is 0 Å². The van der Waals surface area contributed by atoms with Gasteiger partial charge in [0.15, 0.2) is 0 Å². The largest absolute Gasteiger partial charge is 0.453 e. The molecule has 0 radical (unpaired) electrons. The molecule has 0 aromatic carbocycles. The van der Waals surface area contributed by atoms with Crippen LogP contribution in [0.1, 0.15) is 0 Å². The fourth-order valence-electron chi connectivity index (χ4n) is 1.88. The van der Waals surface area contributed by atoms with Crippen molar-refractivity contribution in [3.8, 4) is 0 Å². The lowest BCUT2D eigenvalue weighted by molar-refractivity contribution is 0.0363. The molecular formula is C11H23N3O5S. The maximum atomic E-state index is 11.7. The summed E-state index contributed by atoms with van der Waals surface area (Å²) in [6.45, 7) is 4.53. The highest BCUT2D eigenvalue weighted by Crippen LogP contribution is 2.01. The van der Waals surface area contributed by atoms with E-state index in [1.54, 1.807) is 0 Å². The van der Waals surface area contributed by atoms with Crippen LogP contribution in [0.2, 0.25) is 0 Å². The highest BCUT2D eigenvalue weighted by molar-refractivity contribution is 7.88. The molecular weight excluding hydrogens is 286 g/mol. The van der Waals surface area contributed by atoms with Gasteiger partial charge in [-0.3, -0.25) is 4.90 Å². The molecule has 1 rings (SSSR count). The van der Waals surface area contributed by atoms with Crippen LogP contribution in [-0.2, 0) is 19.5 Å². The minimum atomic E-state index is -3.29. The van der Waals surface area contributed by atoms with Gasteiger partial charge in [-0.05, 0) is 0 Å². The SMILES string of the molecule is COC(=O)NCCN(CCN1CCOCC1)S(C)(=O)=O. The zero-order chi connectivity index (χ0) is 15.0. The summed E-state index contributed by atoms with van der Waals surface area (Å²) in [5.41, 5.74) is 0. The fraction of sp³-hybridized carbons (Fsp3) is 0.909. The van der Waals surface area contributed by atoms with E-state index in [4.69, 9.17) is 4.74 Å². The molecule has 1 N–H and O–H groups in total. The number of rotatable bonds is 7. The number of carbonyl (C=O) groups excluding carboxylic acids is 1. The fourth-order valence-corrected chi connectivity index (χ4v) is 2.71. The molecule has 9 heteroatoms. The number of hydrogen-bond donors (Lipinski definition) is 1. The smallest absolute Gasteiger partial charge is 0.406 e. The molecule has 0 aromatic rings. The lowest BCUT2D eigenvalue weighted by atomic mass is 10.4. The van der Waals surface area contributed by atoms with Crippen molar-refractivity contribution >= 4 is 16.1 Å². The summed E-state index contributed by atoms with van der Waals surface area (Å²) in [6.07, 6.45) is 0.608. The number of alkyl carbamates (subject to hydrolysis) is 1. The highest BCUT2D eigenvalue weighted by Gasteiger charge is 2.18. The van der Waals surface area contributed by atoms with Gasteiger partial charge in [0.05, 0.1) is 26.6 Å². The van der Waals surface area contributed by atoms with E-state index < -0.39 is 16.1 Å². The quantitative estimate of drug-likeness (QED) is 0.645. The number of sulfonamides is 1. The molecule has 118 valence electrons. The molecule has 8 nitrogen and oxygen atoms in total. The second-order valence-electron chi connectivity index (χ2n) is 4.53. The highest BCUT2D eigenvalue weighted by atomic mass is 32.2. The summed E-state index contributed by atoms with van der Waals surface area (Å²) in [7, 11) is -2.02. The Hall–Kier alpha value is -0.900. The first kappa shape index (κ1) is 17.2. The Balaban J connectivity index is 2.37. The van der Waals surface area contributed by atoms with E-state index in [2.05, 4.69) is 15.0 Å². The van der Waals surface area contributed by atoms with Crippen molar-refractivity contribution in [2.45, 2.75) is 0 Å². The lowest BCUT2D eigenvalue weighted by Gasteiger charge is -2.29. The van der Waals surface area contributed by atoms with Crippen LogP contribution in [0.4, 0.5) is 4.79 Å². The minimum Gasteiger partial charge on any atom is -0.453 e. The number of carbonyl (C=O) groups is 1. The topological polar surface area (TPSA) is 88.2 Å². The Morgan fingerprint density at radius 2 is 2.00 bits per heavy atom. The molecule has 0 saturated carbocycles. The predicted octanol–water partition coefficient (Wildman–Crippen LogP) is -1.06. The van der Waals surface area contributed by atoms with Crippen molar-refractivity contribution in [1.82, 2.24) is 14.5 Å². The van der Waals surface area contributed by atoms with E-state index in [0.29, 0.717) is 26.3 Å². The van der Waals surface area contributed by atoms with E-state index in [-0.39, 0.29) is 13.1 Å². The average molecular weight is 309 g/mol. The maximum absolute atomic E-state index is 11.7. The van der Waals surface area contributed by atoms with Crippen molar-refractivity contribution in [2.24, 2.45) is 0 Å². The molecule has 1 saturated heterocycles. The third-order valence-corrected chi connectivity index (χ3v) is 4.36. The lowest BCUT2D eigenvalue weighted by Crippen LogP contribution is -2.44. The number of nitrogens with zero attached hydrogens (tertiary/aromatic N) is 2. The van der Waals surface area contributed by atoms with Gasteiger partial charge in [-0.15, -0.1) is 0 Å². The molecule has 0 aromatic heterocycles. The van der Waals surface area contributed by atoms with E-state index in [9.17, 15) is 13.2 Å². The van der Waals surface area contributed by atoms with E-state index in [1.807, 2.05) is 0 Å². The van der Waals surface area contributed by atoms with E-state index in [0.717, 1.165) is 13.1 Å². The number of nitrogens with one attached hydrogen (secondary N) is 1. The van der Waals surface area contributed by atoms with E-state index >= 15 is 0 Å². The standard InChI is InChI=1S/C11H23N3O5S/c1-18-11(15)12-3-4-14(20(2,16)17)6-5-13-7-9-19-10-8-13/h3-10H2,1-2H3,(H,12,15). The molecule has 0 spiro atoms. The molecule has 0 bridgehead atoms. The van der Waals surface area contributed by atoms with Gasteiger partial charge >= 0.3 is 6.09 Å². The summed E-state index contributed by atoms with van der Waals surface area (Å²) in [5.74, 6) is 0. The summed E-state index contributed by atoms with van der Waals surface area (Å²) in [6, 6.07) is 0. The Morgan fingerprint density at radius 1 is 1.35 bits per heavy atom. The number of hydrogen-bond acceptors (Lipinski definition) is 6. The summed E-state index contributed by atoms with van der Waals surface area (Å²) in [4.78, 5) is 13.1. The van der Waals surface area contributed by atoms with Gasteiger partial charge in [0, 0.05) is 39.3 Å². The predicted molar refractivity (Wildman–Crippen MR) is 74.1 cm³/mol. The maximum Gasteiger partial charge on any atom is 0.406 e. The monoisotopic (exact) mass is 309 g/mol. The number of morpholine rings is 1. The molecule has 20 heavy (non-hydrogen) atoms. The Kier molecular flexibility index (Phi) is 7.20. The normalized spacial score (nSPS) is 17.1. The van der Waals surface area contributed by atoms with Crippen LogP contribution in [-0.4, -0.2) is 89.6 Å². The van der Waals surface area contributed by atoms with Crippen LogP contribution in [0.25, 0.3) is 0 Å². The van der Waals surface area contributed by atoms with Gasteiger partial charge in [0.25, 0.3) is 0 Å². The van der Waals surface area contributed by atoms with Gasteiger partial charge in [-0.2, -0.15) is 4.31 Å². The van der Waals surface area contributed by atoms with E-state index in [1.165, 1.54) is 17.7 Å². The first-order chi connectivity index (χ1) is 9.43. The van der Waals surface area contributed by atoms with Crippen molar-refractivity contribution in [1.29, 1.82) is 0 Å². The molecule has 1 heterocycles. The number of amides is 1. The molecule has 1 fully saturated rings. The van der Waals surface area contributed by atoms with Crippen molar-refractivity contribution < 1.29 is 22.7 Å². The Morgan fingerprint density at radius 3 is 2.55 bits per heavy atom. The molecule has 1 amide bonds. The number of ether oxygens (including phenoxy) is 2. The van der Waals surface area contributed by atoms with Crippen molar-refractivity contribution in [3.05, 3.63) is 0 Å². The molecule has 1 aliphatic heterocycles. The summed E-state index contributed by atoms with van der Waals surface area (Å²) >= 11 is 0.